The summed E-state index contributed by atoms with van der Waals surface area (Å²) in [5, 5.41) is 7.70. The highest BCUT2D eigenvalue weighted by Gasteiger charge is 2.41. The van der Waals surface area contributed by atoms with Gasteiger partial charge in [-0.15, -0.1) is 11.8 Å². The molecule has 0 amide bonds. The number of benzene rings is 1. The normalized spacial score (nSPS) is 22.0. The van der Waals surface area contributed by atoms with E-state index in [2.05, 4.69) is 59.8 Å². The van der Waals surface area contributed by atoms with Crippen LogP contribution in [0.3, 0.4) is 0 Å². The maximum atomic E-state index is 12.9. The summed E-state index contributed by atoms with van der Waals surface area (Å²) in [6.45, 7) is 4.27. The molecule has 2 heterocycles. The third kappa shape index (κ3) is 2.45. The average molecular weight is 340 g/mol. The number of fused-ring (bicyclic) bond motifs is 1. The van der Waals surface area contributed by atoms with Gasteiger partial charge in [0.15, 0.2) is 5.78 Å². The van der Waals surface area contributed by atoms with Gasteiger partial charge >= 0.3 is 0 Å². The number of carbonyl (C=O) groups excluding carboxylic acids is 1. The van der Waals surface area contributed by atoms with Gasteiger partial charge in [-0.3, -0.25) is 4.79 Å². The Labute approximate surface area is 145 Å². The molecule has 0 fully saturated rings. The van der Waals surface area contributed by atoms with E-state index in [-0.39, 0.29) is 17.2 Å². The van der Waals surface area contributed by atoms with Crippen molar-refractivity contribution in [2.45, 2.75) is 37.6 Å². The first-order valence-corrected chi connectivity index (χ1v) is 9.28. The first-order valence-electron chi connectivity index (χ1n) is 8.05. The molecule has 2 aromatic rings. The van der Waals surface area contributed by atoms with Gasteiger partial charge in [0.1, 0.15) is 12.4 Å². The molecule has 4 rings (SSSR count). The standard InChI is InChI=1S/C18H20N4OS/c1-18(2)8-13-15(14(23)9-18)16(22-17(21-13)19-10-20-22)11-4-6-12(24-3)7-5-11/h4-7,10,16H,8-9H2,1-3H3,(H,19,20,21)/t16-/m1/s1. The molecular weight excluding hydrogens is 320 g/mol. The third-order valence-electron chi connectivity index (χ3n) is 4.71. The zero-order chi connectivity index (χ0) is 16.9. The van der Waals surface area contributed by atoms with Crippen LogP contribution in [0.2, 0.25) is 0 Å². The maximum Gasteiger partial charge on any atom is 0.226 e. The Morgan fingerprint density at radius 2 is 2.00 bits per heavy atom. The van der Waals surface area contributed by atoms with Gasteiger partial charge in [-0.2, -0.15) is 10.1 Å². The number of anilines is 1. The number of carbonyl (C=O) groups is 1. The van der Waals surface area contributed by atoms with Crippen molar-refractivity contribution in [1.82, 2.24) is 14.8 Å². The third-order valence-corrected chi connectivity index (χ3v) is 5.45. The predicted molar refractivity (Wildman–Crippen MR) is 95.1 cm³/mol. The molecule has 124 valence electrons. The van der Waals surface area contributed by atoms with E-state index in [1.54, 1.807) is 18.1 Å². The number of thioether (sulfide) groups is 1. The lowest BCUT2D eigenvalue weighted by Gasteiger charge is -2.38. The molecule has 0 saturated heterocycles. The first kappa shape index (κ1) is 15.4. The van der Waals surface area contributed by atoms with E-state index in [9.17, 15) is 4.79 Å². The number of aromatic nitrogens is 3. The second kappa shape index (κ2) is 5.48. The van der Waals surface area contributed by atoms with Crippen molar-refractivity contribution in [1.29, 1.82) is 0 Å². The van der Waals surface area contributed by atoms with Crippen LogP contribution in [0.4, 0.5) is 5.95 Å². The molecule has 0 spiro atoms. The zero-order valence-electron chi connectivity index (χ0n) is 14.0. The SMILES string of the molecule is CSc1ccc([C@@H]2C3=C(CC(C)(C)CC3=O)Nc3ncnn32)cc1. The van der Waals surface area contributed by atoms with E-state index < -0.39 is 0 Å². The highest BCUT2D eigenvalue weighted by atomic mass is 32.2. The highest BCUT2D eigenvalue weighted by molar-refractivity contribution is 7.98. The van der Waals surface area contributed by atoms with Crippen molar-refractivity contribution in [3.05, 3.63) is 47.4 Å². The van der Waals surface area contributed by atoms with Crippen molar-refractivity contribution in [3.63, 3.8) is 0 Å². The van der Waals surface area contributed by atoms with Gasteiger partial charge in [-0.25, -0.2) is 4.68 Å². The van der Waals surface area contributed by atoms with Crippen LogP contribution >= 0.6 is 11.8 Å². The molecule has 0 saturated carbocycles. The number of hydrogen-bond acceptors (Lipinski definition) is 5. The monoisotopic (exact) mass is 340 g/mol. The van der Waals surface area contributed by atoms with Crippen LogP contribution < -0.4 is 5.32 Å². The Morgan fingerprint density at radius 3 is 2.71 bits per heavy atom. The lowest BCUT2D eigenvalue weighted by molar-refractivity contribution is -0.118. The Balaban J connectivity index is 1.86. The number of nitrogens with one attached hydrogen (secondary N) is 1. The van der Waals surface area contributed by atoms with Gasteiger partial charge in [-0.05, 0) is 35.8 Å². The number of rotatable bonds is 2. The summed E-state index contributed by atoms with van der Waals surface area (Å²) in [6.07, 6.45) is 5.01. The summed E-state index contributed by atoms with van der Waals surface area (Å²) in [4.78, 5) is 18.4. The van der Waals surface area contributed by atoms with E-state index >= 15 is 0 Å². The molecule has 5 nitrogen and oxygen atoms in total. The molecule has 0 unspecified atom stereocenters. The van der Waals surface area contributed by atoms with Gasteiger partial charge < -0.3 is 5.32 Å². The van der Waals surface area contributed by atoms with E-state index in [1.165, 1.54) is 4.90 Å². The van der Waals surface area contributed by atoms with Crippen molar-refractivity contribution in [2.75, 3.05) is 11.6 Å². The molecule has 1 aliphatic carbocycles. The van der Waals surface area contributed by atoms with Gasteiger partial charge in [0.05, 0.1) is 0 Å². The van der Waals surface area contributed by atoms with Gasteiger partial charge in [-0.1, -0.05) is 26.0 Å². The minimum atomic E-state index is -0.196. The molecule has 1 aliphatic heterocycles. The lowest BCUT2D eigenvalue weighted by atomic mass is 9.73. The van der Waals surface area contributed by atoms with Crippen LogP contribution in [0, 0.1) is 5.41 Å². The molecule has 6 heteroatoms. The molecular formula is C18H20N4OS. The van der Waals surface area contributed by atoms with E-state index in [1.807, 2.05) is 4.68 Å². The predicted octanol–water partition coefficient (Wildman–Crippen LogP) is 3.66. The number of Topliss-reactive ketones (excluding diaryl/α,β-unsaturated/α-hetero) is 1. The fraction of sp³-hybridized carbons (Fsp3) is 0.389. The van der Waals surface area contributed by atoms with Gasteiger partial charge in [0, 0.05) is 22.6 Å². The fourth-order valence-corrected chi connectivity index (χ4v) is 4.05. The van der Waals surface area contributed by atoms with Gasteiger partial charge in [0.2, 0.25) is 5.95 Å². The second-order valence-electron chi connectivity index (χ2n) is 7.16. The minimum absolute atomic E-state index is 0.0294. The van der Waals surface area contributed by atoms with Crippen molar-refractivity contribution >= 4 is 23.5 Å². The topological polar surface area (TPSA) is 59.8 Å². The Kier molecular flexibility index (Phi) is 3.53. The molecule has 1 aromatic carbocycles. The molecule has 1 aromatic heterocycles. The van der Waals surface area contributed by atoms with Crippen molar-refractivity contribution in [3.8, 4) is 0 Å². The largest absolute Gasteiger partial charge is 0.328 e. The zero-order valence-corrected chi connectivity index (χ0v) is 14.9. The van der Waals surface area contributed by atoms with Crippen molar-refractivity contribution < 1.29 is 4.79 Å². The van der Waals surface area contributed by atoms with E-state index in [4.69, 9.17) is 0 Å². The van der Waals surface area contributed by atoms with Crippen LogP contribution in [0.1, 0.15) is 38.3 Å². The van der Waals surface area contributed by atoms with E-state index in [0.717, 1.165) is 23.3 Å². The van der Waals surface area contributed by atoms with Crippen LogP contribution in [0.5, 0.6) is 0 Å². The number of allylic oxidation sites excluding steroid dienone is 2. The number of ketones is 1. The number of nitrogens with zero attached hydrogens (tertiary/aromatic N) is 3. The average Bonchev–Trinajstić information content (AvgIpc) is 3.00. The molecule has 0 radical (unpaired) electrons. The summed E-state index contributed by atoms with van der Waals surface area (Å²) >= 11 is 1.71. The summed E-state index contributed by atoms with van der Waals surface area (Å²) in [7, 11) is 0. The van der Waals surface area contributed by atoms with Crippen LogP contribution in [0.25, 0.3) is 0 Å². The molecule has 1 atom stereocenters. The first-order chi connectivity index (χ1) is 11.5. The summed E-state index contributed by atoms with van der Waals surface area (Å²) in [6, 6.07) is 8.17. The van der Waals surface area contributed by atoms with Crippen molar-refractivity contribution in [2.24, 2.45) is 5.41 Å². The minimum Gasteiger partial charge on any atom is -0.328 e. The fourth-order valence-electron chi connectivity index (χ4n) is 3.64. The molecule has 24 heavy (non-hydrogen) atoms. The quantitative estimate of drug-likeness (QED) is 0.846. The summed E-state index contributed by atoms with van der Waals surface area (Å²) in [5.41, 5.74) is 2.87. The van der Waals surface area contributed by atoms with E-state index in [0.29, 0.717) is 12.4 Å². The van der Waals surface area contributed by atoms with Gasteiger partial charge in [0.25, 0.3) is 0 Å². The Morgan fingerprint density at radius 1 is 1.25 bits per heavy atom. The van der Waals surface area contributed by atoms with Crippen LogP contribution in [-0.4, -0.2) is 26.8 Å². The Hall–Kier alpha value is -2.08. The van der Waals surface area contributed by atoms with Crippen LogP contribution in [0.15, 0.2) is 46.8 Å². The molecule has 1 N–H and O–H groups in total. The van der Waals surface area contributed by atoms with Crippen LogP contribution in [-0.2, 0) is 4.79 Å². The highest BCUT2D eigenvalue weighted by Crippen LogP contribution is 2.45. The lowest BCUT2D eigenvalue weighted by Crippen LogP contribution is -2.36. The second-order valence-corrected chi connectivity index (χ2v) is 8.04. The summed E-state index contributed by atoms with van der Waals surface area (Å²) in [5.74, 6) is 0.909. The molecule has 2 aliphatic rings. The number of hydrogen-bond donors (Lipinski definition) is 1. The maximum absolute atomic E-state index is 12.9. The molecule has 0 bridgehead atoms. The Bertz CT molecular complexity index is 835. The smallest absolute Gasteiger partial charge is 0.226 e. The summed E-state index contributed by atoms with van der Waals surface area (Å²) < 4.78 is 1.82.